The molecule has 0 aliphatic rings. The first-order valence-corrected chi connectivity index (χ1v) is 3.07. The summed E-state index contributed by atoms with van der Waals surface area (Å²) in [6.45, 7) is 6.12. The van der Waals surface area contributed by atoms with Crippen molar-refractivity contribution in [2.75, 3.05) is 0 Å². The number of amides is 1. The minimum absolute atomic E-state index is 0.0417. The number of carboxylic acid groups (broad SMARTS) is 1. The smallest absolute Gasteiger partial charge is 0.402 e. The maximum atomic E-state index is 8.78. The number of carbonyl (C=O) groups is 1. The van der Waals surface area contributed by atoms with Crippen molar-refractivity contribution in [3.05, 3.63) is 0 Å². The number of hydrogen-bond donors (Lipinski definition) is 3. The van der Waals surface area contributed by atoms with E-state index in [-0.39, 0.29) is 5.54 Å². The van der Waals surface area contributed by atoms with E-state index in [9.17, 15) is 0 Å². The van der Waals surface area contributed by atoms with E-state index in [4.69, 9.17) is 15.6 Å². The van der Waals surface area contributed by atoms with Crippen molar-refractivity contribution in [1.29, 1.82) is 0 Å². The van der Waals surface area contributed by atoms with Crippen molar-refractivity contribution in [2.24, 2.45) is 11.5 Å². The van der Waals surface area contributed by atoms with Crippen LogP contribution in [0.15, 0.2) is 0 Å². The standard InChI is InChI=1S/C5H13N.CH3NO2/c1-4-5(2,3)6;2-1(3)4/h4,6H2,1-3H3;2H2,(H,3,4). The predicted octanol–water partition coefficient (Wildman–Crippen LogP) is 0.757. The second-order valence-electron chi connectivity index (χ2n) is 2.68. The second kappa shape index (κ2) is 5.05. The van der Waals surface area contributed by atoms with Crippen molar-refractivity contribution in [2.45, 2.75) is 32.7 Å². The number of rotatable bonds is 1. The predicted molar refractivity (Wildman–Crippen MR) is 40.8 cm³/mol. The molecular formula is C6H16N2O2. The molecule has 0 aliphatic heterocycles. The van der Waals surface area contributed by atoms with Crippen LogP contribution >= 0.6 is 0 Å². The van der Waals surface area contributed by atoms with Gasteiger partial charge in [-0.25, -0.2) is 4.79 Å². The largest absolute Gasteiger partial charge is 0.465 e. The van der Waals surface area contributed by atoms with E-state index in [2.05, 4.69) is 12.7 Å². The highest BCUT2D eigenvalue weighted by molar-refractivity contribution is 5.61. The third-order valence-electron chi connectivity index (χ3n) is 0.911. The fraction of sp³-hybridized carbons (Fsp3) is 0.833. The van der Waals surface area contributed by atoms with Crippen LogP contribution in [-0.2, 0) is 0 Å². The summed E-state index contributed by atoms with van der Waals surface area (Å²) in [4.78, 5) is 8.78. The molecule has 10 heavy (non-hydrogen) atoms. The lowest BCUT2D eigenvalue weighted by molar-refractivity contribution is 0.205. The van der Waals surface area contributed by atoms with Gasteiger partial charge in [-0.2, -0.15) is 0 Å². The van der Waals surface area contributed by atoms with E-state index < -0.39 is 6.09 Å². The zero-order valence-electron chi connectivity index (χ0n) is 6.72. The van der Waals surface area contributed by atoms with Gasteiger partial charge in [0.05, 0.1) is 0 Å². The molecule has 0 unspecified atom stereocenters. The van der Waals surface area contributed by atoms with Crippen LogP contribution in [0.2, 0.25) is 0 Å². The SMILES string of the molecule is CCC(C)(C)N.NC(=O)O. The zero-order valence-corrected chi connectivity index (χ0v) is 6.72. The maximum Gasteiger partial charge on any atom is 0.402 e. The molecule has 0 radical (unpaired) electrons. The number of primary amides is 1. The molecule has 0 aliphatic carbocycles. The molecule has 4 nitrogen and oxygen atoms in total. The highest BCUT2D eigenvalue weighted by Gasteiger charge is 2.03. The van der Waals surface area contributed by atoms with Crippen molar-refractivity contribution in [3.63, 3.8) is 0 Å². The lowest BCUT2D eigenvalue weighted by Gasteiger charge is -2.13. The first-order valence-electron chi connectivity index (χ1n) is 3.07. The van der Waals surface area contributed by atoms with Gasteiger partial charge in [-0.1, -0.05) is 6.92 Å². The van der Waals surface area contributed by atoms with Gasteiger partial charge in [0.2, 0.25) is 0 Å². The Labute approximate surface area is 61.2 Å². The Morgan fingerprint density at radius 3 is 1.70 bits per heavy atom. The van der Waals surface area contributed by atoms with E-state index in [1.807, 2.05) is 13.8 Å². The molecule has 0 atom stereocenters. The summed E-state index contributed by atoms with van der Waals surface area (Å²) in [5.41, 5.74) is 9.60. The fourth-order valence-corrected chi connectivity index (χ4v) is 0. The van der Waals surface area contributed by atoms with E-state index in [0.717, 1.165) is 6.42 Å². The summed E-state index contributed by atoms with van der Waals surface area (Å²) in [6, 6.07) is 0. The second-order valence-corrected chi connectivity index (χ2v) is 2.68. The van der Waals surface area contributed by atoms with Gasteiger partial charge in [0.1, 0.15) is 0 Å². The van der Waals surface area contributed by atoms with Gasteiger partial charge in [0.25, 0.3) is 0 Å². The highest BCUT2D eigenvalue weighted by Crippen LogP contribution is 1.99. The Kier molecular flexibility index (Phi) is 6.04. The van der Waals surface area contributed by atoms with Gasteiger partial charge in [0.15, 0.2) is 0 Å². The highest BCUT2D eigenvalue weighted by atomic mass is 16.4. The van der Waals surface area contributed by atoms with E-state index >= 15 is 0 Å². The Balaban J connectivity index is 0. The third kappa shape index (κ3) is 56.4. The molecule has 0 rings (SSSR count). The number of nitrogens with two attached hydrogens (primary N) is 2. The topological polar surface area (TPSA) is 89.3 Å². The Morgan fingerprint density at radius 1 is 1.60 bits per heavy atom. The molecule has 0 saturated heterocycles. The number of hydrogen-bond acceptors (Lipinski definition) is 2. The quantitative estimate of drug-likeness (QED) is 0.512. The van der Waals surface area contributed by atoms with Crippen molar-refractivity contribution < 1.29 is 9.90 Å². The lowest BCUT2D eigenvalue weighted by atomic mass is 10.1. The molecule has 4 heteroatoms. The molecule has 0 heterocycles. The molecule has 62 valence electrons. The Bertz CT molecular complexity index is 92.4. The normalized spacial score (nSPS) is 9.60. The zero-order chi connectivity index (χ0) is 8.78. The molecule has 0 aromatic rings. The maximum absolute atomic E-state index is 8.78. The van der Waals surface area contributed by atoms with Gasteiger partial charge in [-0.05, 0) is 20.3 Å². The summed E-state index contributed by atoms with van der Waals surface area (Å²) in [7, 11) is 0. The first-order chi connectivity index (χ1) is 4.29. The van der Waals surface area contributed by atoms with E-state index in [0.29, 0.717) is 0 Å². The first kappa shape index (κ1) is 12.0. The van der Waals surface area contributed by atoms with Gasteiger partial charge in [-0.15, -0.1) is 0 Å². The molecule has 5 N–H and O–H groups in total. The average molecular weight is 148 g/mol. The summed E-state index contributed by atoms with van der Waals surface area (Å²) in [5, 5.41) is 7.19. The summed E-state index contributed by atoms with van der Waals surface area (Å²) in [5.74, 6) is 0. The fourth-order valence-electron chi connectivity index (χ4n) is 0. The van der Waals surface area contributed by atoms with Gasteiger partial charge >= 0.3 is 6.09 Å². The molecule has 0 fully saturated rings. The Morgan fingerprint density at radius 2 is 1.70 bits per heavy atom. The monoisotopic (exact) mass is 148 g/mol. The molecular weight excluding hydrogens is 132 g/mol. The molecule has 0 saturated carbocycles. The van der Waals surface area contributed by atoms with Crippen molar-refractivity contribution >= 4 is 6.09 Å². The van der Waals surface area contributed by atoms with Crippen LogP contribution in [0.4, 0.5) is 4.79 Å². The third-order valence-corrected chi connectivity index (χ3v) is 0.911. The van der Waals surface area contributed by atoms with Crippen LogP contribution in [0, 0.1) is 0 Å². The van der Waals surface area contributed by atoms with Crippen LogP contribution < -0.4 is 11.5 Å². The molecule has 0 aromatic carbocycles. The average Bonchev–Trinajstić information content (AvgIpc) is 1.63. The van der Waals surface area contributed by atoms with Crippen LogP contribution in [0.3, 0.4) is 0 Å². The summed E-state index contributed by atoms with van der Waals surface area (Å²) < 4.78 is 0. The van der Waals surface area contributed by atoms with E-state index in [1.165, 1.54) is 0 Å². The van der Waals surface area contributed by atoms with Gasteiger partial charge in [-0.3, -0.25) is 0 Å². The minimum atomic E-state index is -1.33. The van der Waals surface area contributed by atoms with Crippen LogP contribution in [0.25, 0.3) is 0 Å². The van der Waals surface area contributed by atoms with Gasteiger partial charge < -0.3 is 16.6 Å². The van der Waals surface area contributed by atoms with Crippen LogP contribution in [0.5, 0.6) is 0 Å². The minimum Gasteiger partial charge on any atom is -0.465 e. The van der Waals surface area contributed by atoms with Crippen molar-refractivity contribution in [1.82, 2.24) is 0 Å². The Hall–Kier alpha value is -0.770. The van der Waals surface area contributed by atoms with Crippen molar-refractivity contribution in [3.8, 4) is 0 Å². The molecule has 0 spiro atoms. The molecule has 0 bridgehead atoms. The lowest BCUT2D eigenvalue weighted by Crippen LogP contribution is -2.30. The molecule has 1 amide bonds. The van der Waals surface area contributed by atoms with E-state index in [1.54, 1.807) is 0 Å². The van der Waals surface area contributed by atoms with Crippen LogP contribution in [-0.4, -0.2) is 16.7 Å². The van der Waals surface area contributed by atoms with Gasteiger partial charge in [0, 0.05) is 5.54 Å². The summed E-state index contributed by atoms with van der Waals surface area (Å²) >= 11 is 0. The summed E-state index contributed by atoms with van der Waals surface area (Å²) in [6.07, 6.45) is -0.285. The molecule has 0 aromatic heterocycles. The van der Waals surface area contributed by atoms with Crippen LogP contribution in [0.1, 0.15) is 27.2 Å².